The van der Waals surface area contributed by atoms with Crippen molar-refractivity contribution in [1.82, 2.24) is 4.57 Å². The van der Waals surface area contributed by atoms with E-state index in [0.29, 0.717) is 0 Å². The van der Waals surface area contributed by atoms with Crippen molar-refractivity contribution in [2.45, 2.75) is 5.41 Å². The van der Waals surface area contributed by atoms with Crippen molar-refractivity contribution in [3.63, 3.8) is 0 Å². The molecule has 0 spiro atoms. The van der Waals surface area contributed by atoms with Crippen LogP contribution in [0.1, 0.15) is 22.3 Å². The lowest BCUT2D eigenvalue weighted by molar-refractivity contribution is 0.769. The Morgan fingerprint density at radius 1 is 0.403 bits per heavy atom. The molecule has 0 radical (unpaired) electrons. The Kier molecular flexibility index (Phi) is 7.72. The maximum absolute atomic E-state index is 2.52. The standard InChI is InChI=1S/C59H38N2S/c1-4-18-40(19-5-1)59(41-20-6-2-7-21-41)50-36-31-39-17-10-11-24-45(39)57(50)48-35-33-43(37-51(48)59)60(53-28-16-30-56-58(53)49-26-13-15-29-55(49)62-56)44-32-34-47-46-25-12-14-27-52(46)61(54(47)38-44)42-22-8-3-9-23-42/h1-38H. The Balaban J connectivity index is 1.15. The van der Waals surface area contributed by atoms with Gasteiger partial charge in [0.2, 0.25) is 0 Å². The minimum Gasteiger partial charge on any atom is -0.310 e. The van der Waals surface area contributed by atoms with Gasteiger partial charge in [-0.2, -0.15) is 0 Å². The molecule has 0 saturated carbocycles. The predicted octanol–water partition coefficient (Wildman–Crippen LogP) is 16.1. The van der Waals surface area contributed by atoms with Gasteiger partial charge in [-0.3, -0.25) is 0 Å². The second-order valence-corrected chi connectivity index (χ2v) is 17.5. The van der Waals surface area contributed by atoms with Crippen LogP contribution in [0, 0.1) is 0 Å². The van der Waals surface area contributed by atoms with Gasteiger partial charge >= 0.3 is 0 Å². The molecular formula is C59H38N2S. The van der Waals surface area contributed by atoms with E-state index >= 15 is 0 Å². The number of aromatic nitrogens is 1. The van der Waals surface area contributed by atoms with Crippen LogP contribution in [0.15, 0.2) is 231 Å². The number of hydrogen-bond donors (Lipinski definition) is 0. The van der Waals surface area contributed by atoms with E-state index in [1.54, 1.807) is 0 Å². The first kappa shape index (κ1) is 35.1. The number of nitrogens with zero attached hydrogens (tertiary/aromatic N) is 2. The molecule has 62 heavy (non-hydrogen) atoms. The molecule has 0 unspecified atom stereocenters. The lowest BCUT2D eigenvalue weighted by atomic mass is 9.67. The summed E-state index contributed by atoms with van der Waals surface area (Å²) in [5.41, 5.74) is 14.0. The maximum Gasteiger partial charge on any atom is 0.0714 e. The van der Waals surface area contributed by atoms with Crippen LogP contribution in [0.25, 0.3) is 69.6 Å². The number of anilines is 3. The average Bonchev–Trinajstić information content (AvgIpc) is 3.99. The van der Waals surface area contributed by atoms with Gasteiger partial charge in [-0.15, -0.1) is 11.3 Å². The van der Waals surface area contributed by atoms with Gasteiger partial charge in [-0.1, -0.05) is 170 Å². The molecule has 0 atom stereocenters. The molecular weight excluding hydrogens is 769 g/mol. The third-order valence-electron chi connectivity index (χ3n) is 13.2. The normalized spacial score (nSPS) is 13.0. The number of para-hydroxylation sites is 2. The van der Waals surface area contributed by atoms with Crippen LogP contribution in [0.2, 0.25) is 0 Å². The van der Waals surface area contributed by atoms with Gasteiger partial charge in [-0.05, 0) is 105 Å². The molecule has 10 aromatic carbocycles. The number of thiophene rings is 1. The van der Waals surface area contributed by atoms with Gasteiger partial charge in [-0.25, -0.2) is 0 Å². The van der Waals surface area contributed by atoms with Gasteiger partial charge in [0.05, 0.1) is 22.1 Å². The summed E-state index contributed by atoms with van der Waals surface area (Å²) >= 11 is 1.87. The number of rotatable bonds is 6. The highest BCUT2D eigenvalue weighted by Gasteiger charge is 2.47. The van der Waals surface area contributed by atoms with Crippen LogP contribution in [-0.2, 0) is 5.41 Å². The fourth-order valence-corrected chi connectivity index (χ4v) is 11.8. The lowest BCUT2D eigenvalue weighted by Crippen LogP contribution is -2.28. The van der Waals surface area contributed by atoms with E-state index < -0.39 is 5.41 Å². The summed E-state index contributed by atoms with van der Waals surface area (Å²) in [5, 5.41) is 7.54. The summed E-state index contributed by atoms with van der Waals surface area (Å²) in [4.78, 5) is 2.52. The molecule has 13 rings (SSSR count). The van der Waals surface area contributed by atoms with E-state index in [1.807, 2.05) is 11.3 Å². The van der Waals surface area contributed by atoms with Gasteiger partial charge in [0.25, 0.3) is 0 Å². The van der Waals surface area contributed by atoms with Gasteiger partial charge in [0, 0.05) is 48.0 Å². The van der Waals surface area contributed by atoms with Crippen molar-refractivity contribution >= 4 is 81.1 Å². The van der Waals surface area contributed by atoms with Crippen LogP contribution in [0.4, 0.5) is 17.1 Å². The van der Waals surface area contributed by atoms with Crippen molar-refractivity contribution in [3.05, 3.63) is 253 Å². The van der Waals surface area contributed by atoms with E-state index in [2.05, 4.69) is 240 Å². The zero-order chi connectivity index (χ0) is 40.8. The number of hydrogen-bond acceptors (Lipinski definition) is 2. The Bertz CT molecular complexity index is 3660. The molecule has 2 nitrogen and oxygen atoms in total. The zero-order valence-electron chi connectivity index (χ0n) is 33.7. The van der Waals surface area contributed by atoms with Crippen LogP contribution >= 0.6 is 11.3 Å². The van der Waals surface area contributed by atoms with Crippen LogP contribution in [0.5, 0.6) is 0 Å². The molecule has 0 amide bonds. The third-order valence-corrected chi connectivity index (χ3v) is 14.4. The number of fused-ring (bicyclic) bond motifs is 11. The second kappa shape index (κ2) is 13.7. The van der Waals surface area contributed by atoms with Crippen molar-refractivity contribution in [1.29, 1.82) is 0 Å². The summed E-state index contributed by atoms with van der Waals surface area (Å²) in [7, 11) is 0. The minimum absolute atomic E-state index is 0.566. The predicted molar refractivity (Wildman–Crippen MR) is 263 cm³/mol. The quantitative estimate of drug-likeness (QED) is 0.162. The summed E-state index contributed by atoms with van der Waals surface area (Å²) in [6.07, 6.45) is 0. The Labute approximate surface area is 363 Å². The fourth-order valence-electron chi connectivity index (χ4n) is 10.7. The Hall–Kier alpha value is -7.72. The van der Waals surface area contributed by atoms with Crippen molar-refractivity contribution in [3.8, 4) is 16.8 Å². The summed E-state index contributed by atoms with van der Waals surface area (Å²) in [5.74, 6) is 0. The molecule has 0 N–H and O–H groups in total. The molecule has 2 heterocycles. The highest BCUT2D eigenvalue weighted by molar-refractivity contribution is 7.26. The fraction of sp³-hybridized carbons (Fsp3) is 0.0169. The smallest absolute Gasteiger partial charge is 0.0714 e. The molecule has 12 aromatic rings. The van der Waals surface area contributed by atoms with Crippen LogP contribution < -0.4 is 4.90 Å². The molecule has 1 aliphatic rings. The van der Waals surface area contributed by atoms with Crippen LogP contribution in [-0.4, -0.2) is 4.57 Å². The van der Waals surface area contributed by atoms with E-state index in [-0.39, 0.29) is 0 Å². The van der Waals surface area contributed by atoms with Gasteiger partial charge < -0.3 is 9.47 Å². The van der Waals surface area contributed by atoms with Gasteiger partial charge in [0.15, 0.2) is 0 Å². The minimum atomic E-state index is -0.566. The SMILES string of the molecule is c1ccc(-n2c3ccccc3c3ccc(N(c4ccc5c(c4)C(c4ccccc4)(c4ccccc4)c4ccc6ccccc6c4-5)c4cccc5sc6ccccc6c45)cc32)cc1. The molecule has 0 aliphatic heterocycles. The monoisotopic (exact) mass is 806 g/mol. The molecule has 0 bridgehead atoms. The van der Waals surface area contributed by atoms with Crippen LogP contribution in [0.3, 0.4) is 0 Å². The number of benzene rings is 10. The first-order valence-corrected chi connectivity index (χ1v) is 22.2. The summed E-state index contributed by atoms with van der Waals surface area (Å²) in [6.45, 7) is 0. The molecule has 2 aromatic heterocycles. The topological polar surface area (TPSA) is 8.17 Å². The van der Waals surface area contributed by atoms with E-state index in [9.17, 15) is 0 Å². The first-order valence-electron chi connectivity index (χ1n) is 21.3. The second-order valence-electron chi connectivity index (χ2n) is 16.4. The average molecular weight is 807 g/mol. The van der Waals surface area contributed by atoms with Crippen molar-refractivity contribution < 1.29 is 0 Å². The molecule has 290 valence electrons. The van der Waals surface area contributed by atoms with Gasteiger partial charge in [0.1, 0.15) is 0 Å². The zero-order valence-corrected chi connectivity index (χ0v) is 34.6. The van der Waals surface area contributed by atoms with Crippen molar-refractivity contribution in [2.75, 3.05) is 4.90 Å². The largest absolute Gasteiger partial charge is 0.310 e. The Morgan fingerprint density at radius 3 is 1.81 bits per heavy atom. The van der Waals surface area contributed by atoms with E-state index in [0.717, 1.165) is 22.7 Å². The maximum atomic E-state index is 2.52. The third kappa shape index (κ3) is 4.97. The lowest BCUT2D eigenvalue weighted by Gasteiger charge is -2.35. The Morgan fingerprint density at radius 2 is 1.02 bits per heavy atom. The molecule has 3 heteroatoms. The van der Waals surface area contributed by atoms with Crippen molar-refractivity contribution in [2.24, 2.45) is 0 Å². The first-order chi connectivity index (χ1) is 30.8. The molecule has 0 fully saturated rings. The molecule has 0 saturated heterocycles. The highest BCUT2D eigenvalue weighted by Crippen LogP contribution is 2.59. The van der Waals surface area contributed by atoms with E-state index in [1.165, 1.54) is 86.1 Å². The summed E-state index contributed by atoms with van der Waals surface area (Å²) in [6, 6.07) is 85.5. The highest BCUT2D eigenvalue weighted by atomic mass is 32.1. The van der Waals surface area contributed by atoms with E-state index in [4.69, 9.17) is 0 Å². The molecule has 1 aliphatic carbocycles. The summed E-state index contributed by atoms with van der Waals surface area (Å²) < 4.78 is 4.99.